The van der Waals surface area contributed by atoms with Crippen molar-refractivity contribution in [3.05, 3.63) is 176 Å². The molecule has 0 aliphatic carbocycles. The lowest BCUT2D eigenvalue weighted by molar-refractivity contribution is 0.766. The average Bonchev–Trinajstić information content (AvgIpc) is 3.66. The van der Waals surface area contributed by atoms with Crippen molar-refractivity contribution < 1.29 is 0 Å². The van der Waals surface area contributed by atoms with Crippen molar-refractivity contribution in [2.45, 2.75) is 0 Å². The highest BCUT2D eigenvalue weighted by Gasteiger charge is 2.19. The summed E-state index contributed by atoms with van der Waals surface area (Å²) >= 11 is 0. The minimum atomic E-state index is 0.780. The standard InChI is InChI=1S/C46H29N5/c1-2-12-32-29-33(20-19-30(32)11-1)44-37-15-5-3-13-35(37)43(36-14-4-6-16-38(36)44)31-21-23-34(24-22-31)51-49-45-39(41-17-7-9-27-47-41)25-26-40(46(45)50-51)42-18-8-10-28-48-42/h1-29H. The smallest absolute Gasteiger partial charge is 0.123 e. The number of hydrogen-bond acceptors (Lipinski definition) is 4. The van der Waals surface area contributed by atoms with Crippen LogP contribution in [0, 0.1) is 0 Å². The normalized spacial score (nSPS) is 11.5. The van der Waals surface area contributed by atoms with Crippen LogP contribution >= 0.6 is 0 Å². The Morgan fingerprint density at radius 1 is 0.373 bits per heavy atom. The second-order valence-corrected chi connectivity index (χ2v) is 12.7. The molecule has 51 heavy (non-hydrogen) atoms. The quantitative estimate of drug-likeness (QED) is 0.174. The third-order valence-corrected chi connectivity index (χ3v) is 9.78. The molecule has 0 atom stereocenters. The van der Waals surface area contributed by atoms with Crippen LogP contribution in [0.3, 0.4) is 0 Å². The molecule has 7 aromatic carbocycles. The first-order valence-corrected chi connectivity index (χ1v) is 17.1. The molecular weight excluding hydrogens is 623 g/mol. The maximum Gasteiger partial charge on any atom is 0.123 e. The zero-order chi connectivity index (χ0) is 33.7. The van der Waals surface area contributed by atoms with Crippen molar-refractivity contribution in [1.29, 1.82) is 0 Å². The van der Waals surface area contributed by atoms with Crippen LogP contribution in [0.4, 0.5) is 0 Å². The van der Waals surface area contributed by atoms with E-state index in [0.717, 1.165) is 44.8 Å². The molecule has 238 valence electrons. The number of nitrogens with zero attached hydrogens (tertiary/aromatic N) is 5. The molecule has 5 heteroatoms. The van der Waals surface area contributed by atoms with Crippen LogP contribution in [0.5, 0.6) is 0 Å². The van der Waals surface area contributed by atoms with Gasteiger partial charge in [0.1, 0.15) is 11.0 Å². The SMILES string of the molecule is c1ccc(-c2ccc(-c3ccccn3)c3nn(-c4ccc(-c5c6ccccc6c(-c6ccc7ccccc7c6)c6ccccc56)cc4)nc23)nc1. The fraction of sp³-hybridized carbons (Fsp3) is 0. The van der Waals surface area contributed by atoms with E-state index in [1.165, 1.54) is 49.0 Å². The van der Waals surface area contributed by atoms with Gasteiger partial charge in [0.15, 0.2) is 0 Å². The van der Waals surface area contributed by atoms with E-state index in [2.05, 4.69) is 137 Å². The van der Waals surface area contributed by atoms with E-state index in [9.17, 15) is 0 Å². The Labute approximate surface area is 294 Å². The first kappa shape index (κ1) is 29.0. The monoisotopic (exact) mass is 651 g/mol. The molecule has 0 saturated heterocycles. The summed E-state index contributed by atoms with van der Waals surface area (Å²) in [5.74, 6) is 0. The largest absolute Gasteiger partial charge is 0.256 e. The summed E-state index contributed by atoms with van der Waals surface area (Å²) in [5, 5.41) is 17.5. The summed E-state index contributed by atoms with van der Waals surface area (Å²) in [6.07, 6.45) is 3.61. The highest BCUT2D eigenvalue weighted by Crippen LogP contribution is 2.44. The second-order valence-electron chi connectivity index (χ2n) is 12.7. The predicted molar refractivity (Wildman–Crippen MR) is 209 cm³/mol. The van der Waals surface area contributed by atoms with Gasteiger partial charge in [-0.05, 0) is 109 Å². The first-order valence-electron chi connectivity index (χ1n) is 17.1. The van der Waals surface area contributed by atoms with E-state index in [1.54, 1.807) is 17.2 Å². The third-order valence-electron chi connectivity index (χ3n) is 9.78. The lowest BCUT2D eigenvalue weighted by atomic mass is 9.85. The summed E-state index contributed by atoms with van der Waals surface area (Å²) in [6.45, 7) is 0. The van der Waals surface area contributed by atoms with Crippen LogP contribution in [0.15, 0.2) is 176 Å². The molecule has 0 radical (unpaired) electrons. The molecule has 0 fully saturated rings. The van der Waals surface area contributed by atoms with Crippen LogP contribution in [-0.2, 0) is 0 Å². The van der Waals surface area contributed by atoms with Gasteiger partial charge in [-0.2, -0.15) is 4.80 Å². The van der Waals surface area contributed by atoms with E-state index in [-0.39, 0.29) is 0 Å². The second kappa shape index (κ2) is 11.9. The Hall–Kier alpha value is -6.98. The highest BCUT2D eigenvalue weighted by atomic mass is 15.5. The van der Waals surface area contributed by atoms with Gasteiger partial charge in [-0.15, -0.1) is 10.2 Å². The molecule has 0 saturated carbocycles. The van der Waals surface area contributed by atoms with E-state index < -0.39 is 0 Å². The number of benzene rings is 7. The molecule has 0 aliphatic rings. The Morgan fingerprint density at radius 3 is 1.37 bits per heavy atom. The van der Waals surface area contributed by atoms with Gasteiger partial charge in [0.2, 0.25) is 0 Å². The zero-order valence-corrected chi connectivity index (χ0v) is 27.5. The Kier molecular flexibility index (Phi) is 6.74. The number of rotatable bonds is 5. The molecule has 0 unspecified atom stereocenters. The fourth-order valence-electron chi connectivity index (χ4n) is 7.42. The van der Waals surface area contributed by atoms with Crippen LogP contribution in [0.25, 0.3) is 93.8 Å². The van der Waals surface area contributed by atoms with Gasteiger partial charge < -0.3 is 0 Å². The number of pyridine rings is 2. The third kappa shape index (κ3) is 4.86. The van der Waals surface area contributed by atoms with Crippen molar-refractivity contribution in [1.82, 2.24) is 25.0 Å². The summed E-state index contributed by atoms with van der Waals surface area (Å²) in [7, 11) is 0. The molecule has 3 heterocycles. The van der Waals surface area contributed by atoms with Crippen LogP contribution in [-0.4, -0.2) is 25.0 Å². The van der Waals surface area contributed by atoms with E-state index >= 15 is 0 Å². The zero-order valence-electron chi connectivity index (χ0n) is 27.5. The van der Waals surface area contributed by atoms with Crippen LogP contribution in [0.1, 0.15) is 0 Å². The minimum absolute atomic E-state index is 0.780. The number of hydrogen-bond donors (Lipinski definition) is 0. The van der Waals surface area contributed by atoms with Crippen molar-refractivity contribution in [2.75, 3.05) is 0 Å². The van der Waals surface area contributed by atoms with Gasteiger partial charge >= 0.3 is 0 Å². The van der Waals surface area contributed by atoms with Crippen molar-refractivity contribution in [3.8, 4) is 50.5 Å². The minimum Gasteiger partial charge on any atom is -0.256 e. The summed E-state index contributed by atoms with van der Waals surface area (Å²) in [5.41, 5.74) is 10.8. The molecule has 10 aromatic rings. The lowest BCUT2D eigenvalue weighted by Crippen LogP contribution is -1.98. The van der Waals surface area contributed by atoms with E-state index in [1.807, 2.05) is 36.4 Å². The van der Waals surface area contributed by atoms with Crippen molar-refractivity contribution >= 4 is 43.4 Å². The van der Waals surface area contributed by atoms with Crippen LogP contribution in [0.2, 0.25) is 0 Å². The fourth-order valence-corrected chi connectivity index (χ4v) is 7.42. The van der Waals surface area contributed by atoms with E-state index in [0.29, 0.717) is 0 Å². The van der Waals surface area contributed by atoms with Gasteiger partial charge in [-0.3, -0.25) is 9.97 Å². The number of aromatic nitrogens is 5. The lowest BCUT2D eigenvalue weighted by Gasteiger charge is -2.18. The molecular formula is C46H29N5. The van der Waals surface area contributed by atoms with Gasteiger partial charge in [0.05, 0.1) is 17.1 Å². The number of fused-ring (bicyclic) bond motifs is 4. The Balaban J connectivity index is 1.13. The van der Waals surface area contributed by atoms with Gasteiger partial charge in [-0.25, -0.2) is 0 Å². The first-order chi connectivity index (χ1) is 25.3. The maximum atomic E-state index is 5.05. The molecule has 0 N–H and O–H groups in total. The summed E-state index contributed by atoms with van der Waals surface area (Å²) in [4.78, 5) is 11.0. The van der Waals surface area contributed by atoms with Crippen LogP contribution < -0.4 is 0 Å². The Morgan fingerprint density at radius 2 is 0.843 bits per heavy atom. The van der Waals surface area contributed by atoms with E-state index in [4.69, 9.17) is 10.2 Å². The molecule has 0 amide bonds. The predicted octanol–water partition coefficient (Wildman–Crippen LogP) is 11.3. The van der Waals surface area contributed by atoms with Gasteiger partial charge in [-0.1, -0.05) is 109 Å². The molecule has 3 aromatic heterocycles. The maximum absolute atomic E-state index is 5.05. The van der Waals surface area contributed by atoms with Crippen molar-refractivity contribution in [3.63, 3.8) is 0 Å². The summed E-state index contributed by atoms with van der Waals surface area (Å²) in [6, 6.07) is 57.5. The highest BCUT2D eigenvalue weighted by molar-refractivity contribution is 6.21. The molecule has 0 bridgehead atoms. The molecule has 5 nitrogen and oxygen atoms in total. The molecule has 0 spiro atoms. The Bertz CT molecular complexity index is 2760. The summed E-state index contributed by atoms with van der Waals surface area (Å²) < 4.78 is 0. The topological polar surface area (TPSA) is 56.5 Å². The van der Waals surface area contributed by atoms with Crippen molar-refractivity contribution in [2.24, 2.45) is 0 Å². The molecule has 10 rings (SSSR count). The van der Waals surface area contributed by atoms with Gasteiger partial charge in [0.25, 0.3) is 0 Å². The molecule has 0 aliphatic heterocycles. The van der Waals surface area contributed by atoms with Gasteiger partial charge in [0, 0.05) is 23.5 Å². The average molecular weight is 652 g/mol.